The van der Waals surface area contributed by atoms with E-state index in [0.717, 1.165) is 5.56 Å². The Balaban J connectivity index is 2.34. The lowest BCUT2D eigenvalue weighted by Gasteiger charge is -2.14. The predicted octanol–water partition coefficient (Wildman–Crippen LogP) is 2.19. The largest absolute Gasteiger partial charge is 0.495 e. The summed E-state index contributed by atoms with van der Waals surface area (Å²) in [5.74, 6) is 0.163. The molecule has 2 aromatic rings. The molecule has 0 bridgehead atoms. The highest BCUT2D eigenvalue weighted by atomic mass is 32.2. The van der Waals surface area contributed by atoms with Gasteiger partial charge in [-0.3, -0.25) is 4.79 Å². The van der Waals surface area contributed by atoms with E-state index in [4.69, 9.17) is 14.2 Å². The molecule has 0 aliphatic carbocycles. The minimum Gasteiger partial charge on any atom is -0.495 e. The minimum atomic E-state index is -3.88. The van der Waals surface area contributed by atoms with Crippen molar-refractivity contribution in [3.05, 3.63) is 47.5 Å². The number of hydrogen-bond acceptors (Lipinski definition) is 6. The van der Waals surface area contributed by atoms with Gasteiger partial charge in [0.05, 0.1) is 26.5 Å². The molecule has 0 aliphatic heterocycles. The van der Waals surface area contributed by atoms with E-state index in [2.05, 4.69) is 10.0 Å². The van der Waals surface area contributed by atoms with Crippen molar-refractivity contribution in [2.75, 3.05) is 39.8 Å². The third-order valence-electron chi connectivity index (χ3n) is 3.92. The standard InChI is InChI=1S/C19H24N2O6S/c1-13-5-7-16(26-3)15(11-13)21-19(22)14-6-8-17(27-4)18(12-14)28(23,24)20-9-10-25-2/h5-8,11-12,20H,9-10H2,1-4H3,(H,21,22). The zero-order valence-electron chi connectivity index (χ0n) is 16.2. The summed E-state index contributed by atoms with van der Waals surface area (Å²) in [6.45, 7) is 2.20. The maximum atomic E-state index is 12.7. The van der Waals surface area contributed by atoms with Crippen LogP contribution in [0.4, 0.5) is 5.69 Å². The van der Waals surface area contributed by atoms with Crippen LogP contribution in [0.2, 0.25) is 0 Å². The Hall–Kier alpha value is -2.62. The first kappa shape index (κ1) is 21.7. The second-order valence-electron chi connectivity index (χ2n) is 5.91. The van der Waals surface area contributed by atoms with Crippen LogP contribution in [-0.4, -0.2) is 48.8 Å². The Kier molecular flexibility index (Phi) is 7.38. The Morgan fingerprint density at radius 3 is 2.32 bits per heavy atom. The van der Waals surface area contributed by atoms with E-state index in [9.17, 15) is 13.2 Å². The molecule has 0 atom stereocenters. The molecule has 0 fully saturated rings. The fourth-order valence-electron chi connectivity index (χ4n) is 2.50. The maximum Gasteiger partial charge on any atom is 0.255 e. The molecule has 0 aliphatic rings. The number of anilines is 1. The number of aryl methyl sites for hydroxylation is 1. The van der Waals surface area contributed by atoms with Crippen molar-refractivity contribution in [3.63, 3.8) is 0 Å². The summed E-state index contributed by atoms with van der Waals surface area (Å²) in [5.41, 5.74) is 1.60. The van der Waals surface area contributed by atoms with E-state index >= 15 is 0 Å². The normalized spacial score (nSPS) is 11.1. The summed E-state index contributed by atoms with van der Waals surface area (Å²) in [5, 5.41) is 2.75. The Labute approximate surface area is 164 Å². The number of carbonyl (C=O) groups excluding carboxylic acids is 1. The van der Waals surface area contributed by atoms with Crippen LogP contribution in [0.1, 0.15) is 15.9 Å². The molecule has 0 aromatic heterocycles. The summed E-state index contributed by atoms with van der Waals surface area (Å²) in [7, 11) is 0.454. The summed E-state index contributed by atoms with van der Waals surface area (Å²) >= 11 is 0. The summed E-state index contributed by atoms with van der Waals surface area (Å²) in [4.78, 5) is 12.6. The SMILES string of the molecule is COCCNS(=O)(=O)c1cc(C(=O)Nc2cc(C)ccc2OC)ccc1OC. The summed E-state index contributed by atoms with van der Waals surface area (Å²) in [6, 6.07) is 9.57. The third kappa shape index (κ3) is 5.22. The molecule has 0 saturated carbocycles. The van der Waals surface area contributed by atoms with E-state index < -0.39 is 15.9 Å². The van der Waals surface area contributed by atoms with E-state index in [0.29, 0.717) is 11.4 Å². The number of hydrogen-bond donors (Lipinski definition) is 2. The van der Waals surface area contributed by atoms with Gasteiger partial charge in [0.1, 0.15) is 16.4 Å². The molecule has 28 heavy (non-hydrogen) atoms. The van der Waals surface area contributed by atoms with Crippen molar-refractivity contribution < 1.29 is 27.4 Å². The van der Waals surface area contributed by atoms with Gasteiger partial charge in [-0.1, -0.05) is 6.07 Å². The molecule has 1 amide bonds. The molecule has 2 aromatic carbocycles. The Morgan fingerprint density at radius 2 is 1.68 bits per heavy atom. The monoisotopic (exact) mass is 408 g/mol. The van der Waals surface area contributed by atoms with E-state index in [1.165, 1.54) is 39.5 Å². The molecule has 2 N–H and O–H groups in total. The van der Waals surface area contributed by atoms with Gasteiger partial charge in [0.25, 0.3) is 5.91 Å². The first-order chi connectivity index (χ1) is 13.3. The number of sulfonamides is 1. The van der Waals surface area contributed by atoms with E-state index in [1.807, 2.05) is 13.0 Å². The Morgan fingerprint density at radius 1 is 1.00 bits per heavy atom. The van der Waals surface area contributed by atoms with Crippen molar-refractivity contribution in [2.24, 2.45) is 0 Å². The molecule has 0 heterocycles. The average molecular weight is 408 g/mol. The lowest BCUT2D eigenvalue weighted by Crippen LogP contribution is -2.28. The number of benzene rings is 2. The molecule has 152 valence electrons. The first-order valence-electron chi connectivity index (χ1n) is 8.45. The zero-order chi connectivity index (χ0) is 20.7. The van der Waals surface area contributed by atoms with E-state index in [1.54, 1.807) is 12.1 Å². The zero-order valence-corrected chi connectivity index (χ0v) is 17.1. The van der Waals surface area contributed by atoms with Crippen molar-refractivity contribution >= 4 is 21.6 Å². The van der Waals surface area contributed by atoms with Crippen molar-refractivity contribution in [1.82, 2.24) is 4.72 Å². The lowest BCUT2D eigenvalue weighted by molar-refractivity contribution is 0.102. The van der Waals surface area contributed by atoms with Crippen molar-refractivity contribution in [2.45, 2.75) is 11.8 Å². The lowest BCUT2D eigenvalue weighted by atomic mass is 10.1. The van der Waals surface area contributed by atoms with Crippen LogP contribution < -0.4 is 19.5 Å². The fourth-order valence-corrected chi connectivity index (χ4v) is 3.70. The van der Waals surface area contributed by atoms with Crippen LogP contribution in [0.3, 0.4) is 0 Å². The second kappa shape index (κ2) is 9.54. The van der Waals surface area contributed by atoms with Gasteiger partial charge in [0.2, 0.25) is 10.0 Å². The van der Waals surface area contributed by atoms with Crippen LogP contribution in [0, 0.1) is 6.92 Å². The van der Waals surface area contributed by atoms with Gasteiger partial charge in [-0.25, -0.2) is 13.1 Å². The molecule has 9 heteroatoms. The molecule has 2 rings (SSSR count). The fraction of sp³-hybridized carbons (Fsp3) is 0.316. The molecule has 0 saturated heterocycles. The molecule has 0 unspecified atom stereocenters. The number of rotatable bonds is 9. The summed E-state index contributed by atoms with van der Waals surface area (Å²) < 4.78 is 42.8. The second-order valence-corrected chi connectivity index (χ2v) is 7.65. The van der Waals surface area contributed by atoms with Gasteiger partial charge in [-0.05, 0) is 42.8 Å². The van der Waals surface area contributed by atoms with Gasteiger partial charge in [0.15, 0.2) is 0 Å². The van der Waals surface area contributed by atoms with Gasteiger partial charge >= 0.3 is 0 Å². The topological polar surface area (TPSA) is 103 Å². The minimum absolute atomic E-state index is 0.0961. The van der Waals surface area contributed by atoms with E-state index in [-0.39, 0.29) is 29.4 Å². The number of amides is 1. The molecule has 0 radical (unpaired) electrons. The van der Waals surface area contributed by atoms with Crippen LogP contribution in [0.25, 0.3) is 0 Å². The molecular formula is C19H24N2O6S. The van der Waals surface area contributed by atoms with Crippen LogP contribution >= 0.6 is 0 Å². The van der Waals surface area contributed by atoms with Gasteiger partial charge in [-0.15, -0.1) is 0 Å². The molecular weight excluding hydrogens is 384 g/mol. The maximum absolute atomic E-state index is 12.7. The predicted molar refractivity (Wildman–Crippen MR) is 106 cm³/mol. The highest BCUT2D eigenvalue weighted by Gasteiger charge is 2.22. The average Bonchev–Trinajstić information content (AvgIpc) is 2.67. The van der Waals surface area contributed by atoms with Gasteiger partial charge in [-0.2, -0.15) is 0 Å². The quantitative estimate of drug-likeness (QED) is 0.617. The van der Waals surface area contributed by atoms with Gasteiger partial charge < -0.3 is 19.5 Å². The number of nitrogens with one attached hydrogen (secondary N) is 2. The summed E-state index contributed by atoms with van der Waals surface area (Å²) in [6.07, 6.45) is 0. The number of methoxy groups -OCH3 is 3. The molecule has 8 nitrogen and oxygen atoms in total. The first-order valence-corrected chi connectivity index (χ1v) is 9.93. The van der Waals surface area contributed by atoms with Crippen molar-refractivity contribution in [3.8, 4) is 11.5 Å². The molecule has 0 spiro atoms. The van der Waals surface area contributed by atoms with Crippen molar-refractivity contribution in [1.29, 1.82) is 0 Å². The highest BCUT2D eigenvalue weighted by Crippen LogP contribution is 2.28. The van der Waals surface area contributed by atoms with Gasteiger partial charge in [0, 0.05) is 19.2 Å². The van der Waals surface area contributed by atoms with Crippen LogP contribution in [0.15, 0.2) is 41.3 Å². The Bertz CT molecular complexity index is 943. The highest BCUT2D eigenvalue weighted by molar-refractivity contribution is 7.89. The third-order valence-corrected chi connectivity index (χ3v) is 5.40. The number of ether oxygens (including phenoxy) is 3. The smallest absolute Gasteiger partial charge is 0.255 e. The van der Waals surface area contributed by atoms with Crippen LogP contribution in [0.5, 0.6) is 11.5 Å². The van der Waals surface area contributed by atoms with Crippen LogP contribution in [-0.2, 0) is 14.8 Å². The number of carbonyl (C=O) groups is 1.